The molecule has 0 aliphatic rings. The minimum atomic E-state index is -4.46. The molecule has 0 saturated carbocycles. The maximum absolute atomic E-state index is 12.7. The number of benzene rings is 1. The van der Waals surface area contributed by atoms with Crippen molar-refractivity contribution in [2.24, 2.45) is 0 Å². The fourth-order valence-electron chi connectivity index (χ4n) is 1.30. The number of anilines is 1. The molecule has 1 rings (SSSR count). The highest BCUT2D eigenvalue weighted by Gasteiger charge is 2.41. The van der Waals surface area contributed by atoms with Gasteiger partial charge in [-0.05, 0) is 24.6 Å². The molecule has 114 valence electrons. The summed E-state index contributed by atoms with van der Waals surface area (Å²) in [6.07, 6.45) is -3.97. The molecule has 0 bridgehead atoms. The molecular formula is C10H11ClF4N2O2S. The lowest BCUT2D eigenvalue weighted by Gasteiger charge is -2.17. The highest BCUT2D eigenvalue weighted by Crippen LogP contribution is 2.27. The van der Waals surface area contributed by atoms with E-state index in [9.17, 15) is 26.0 Å². The molecule has 1 aromatic carbocycles. The molecule has 10 heteroatoms. The standard InChI is InChI=1S/C10H11ClF4N2O2S/c1-5-2-6(11)7(16)3-8(5)20(18,19)17-4-10(14,15)9(12)13/h2-3,9,17H,4,16H2,1H3. The zero-order chi connectivity index (χ0) is 15.7. The number of sulfonamides is 1. The van der Waals surface area contributed by atoms with Crippen LogP contribution in [-0.2, 0) is 10.0 Å². The Morgan fingerprint density at radius 2 is 1.95 bits per heavy atom. The molecule has 4 nitrogen and oxygen atoms in total. The number of nitrogens with one attached hydrogen (secondary N) is 1. The molecule has 0 spiro atoms. The number of hydrogen-bond acceptors (Lipinski definition) is 3. The van der Waals surface area contributed by atoms with Gasteiger partial charge in [0, 0.05) is 0 Å². The largest absolute Gasteiger partial charge is 0.397 e. The van der Waals surface area contributed by atoms with Crippen molar-refractivity contribution < 1.29 is 26.0 Å². The summed E-state index contributed by atoms with van der Waals surface area (Å²) in [6, 6.07) is 2.21. The monoisotopic (exact) mass is 334 g/mol. The van der Waals surface area contributed by atoms with E-state index in [1.165, 1.54) is 17.7 Å². The fraction of sp³-hybridized carbons (Fsp3) is 0.400. The predicted molar refractivity (Wildman–Crippen MR) is 66.7 cm³/mol. The third kappa shape index (κ3) is 3.74. The van der Waals surface area contributed by atoms with Crippen LogP contribution < -0.4 is 10.5 Å². The highest BCUT2D eigenvalue weighted by atomic mass is 35.5. The Labute approximate surface area is 118 Å². The second kappa shape index (κ2) is 5.74. The third-order valence-electron chi connectivity index (χ3n) is 2.40. The zero-order valence-electron chi connectivity index (χ0n) is 10.1. The molecule has 0 aromatic heterocycles. The molecule has 0 radical (unpaired) electrons. The Hall–Kier alpha value is -1.06. The van der Waals surface area contributed by atoms with Crippen molar-refractivity contribution in [3.8, 4) is 0 Å². The molecular weight excluding hydrogens is 324 g/mol. The number of aryl methyl sites for hydroxylation is 1. The molecule has 1 aromatic rings. The van der Waals surface area contributed by atoms with Gasteiger partial charge in [-0.1, -0.05) is 11.6 Å². The Bertz CT molecular complexity index is 608. The van der Waals surface area contributed by atoms with Crippen molar-refractivity contribution in [1.82, 2.24) is 4.72 Å². The average molecular weight is 335 g/mol. The van der Waals surface area contributed by atoms with Crippen molar-refractivity contribution in [2.45, 2.75) is 24.2 Å². The first-order valence-corrected chi connectivity index (χ1v) is 7.05. The summed E-state index contributed by atoms with van der Waals surface area (Å²) in [5, 5.41) is 0.0966. The summed E-state index contributed by atoms with van der Waals surface area (Å²) < 4.78 is 74.4. The molecule has 0 atom stereocenters. The SMILES string of the molecule is Cc1cc(Cl)c(N)cc1S(=O)(=O)NCC(F)(F)C(F)F. The summed E-state index contributed by atoms with van der Waals surface area (Å²) >= 11 is 5.67. The summed E-state index contributed by atoms with van der Waals surface area (Å²) in [7, 11) is -4.40. The first-order valence-electron chi connectivity index (χ1n) is 5.18. The molecule has 0 saturated heterocycles. The Kier molecular flexibility index (Phi) is 4.88. The van der Waals surface area contributed by atoms with Crippen LogP contribution in [0.15, 0.2) is 17.0 Å². The summed E-state index contributed by atoms with van der Waals surface area (Å²) in [6.45, 7) is -0.347. The van der Waals surface area contributed by atoms with Gasteiger partial charge in [0.15, 0.2) is 0 Å². The van der Waals surface area contributed by atoms with E-state index in [4.69, 9.17) is 17.3 Å². The van der Waals surface area contributed by atoms with Crippen molar-refractivity contribution in [2.75, 3.05) is 12.3 Å². The van der Waals surface area contributed by atoms with E-state index >= 15 is 0 Å². The Morgan fingerprint density at radius 1 is 1.40 bits per heavy atom. The van der Waals surface area contributed by atoms with Gasteiger partial charge in [-0.3, -0.25) is 0 Å². The minimum absolute atomic E-state index is 0.0711. The van der Waals surface area contributed by atoms with Crippen LogP contribution in [0.4, 0.5) is 23.2 Å². The summed E-state index contributed by atoms with van der Waals surface area (Å²) in [5.41, 5.74) is 5.50. The lowest BCUT2D eigenvalue weighted by molar-refractivity contribution is -0.122. The molecule has 0 aliphatic carbocycles. The van der Waals surface area contributed by atoms with Crippen LogP contribution in [0.3, 0.4) is 0 Å². The van der Waals surface area contributed by atoms with E-state index in [-0.39, 0.29) is 16.3 Å². The smallest absolute Gasteiger partial charge is 0.320 e. The van der Waals surface area contributed by atoms with Crippen LogP contribution in [0.1, 0.15) is 5.56 Å². The molecule has 20 heavy (non-hydrogen) atoms. The quantitative estimate of drug-likeness (QED) is 0.641. The first kappa shape index (κ1) is 17.0. The van der Waals surface area contributed by atoms with E-state index in [1.54, 1.807) is 0 Å². The van der Waals surface area contributed by atoms with E-state index in [0.717, 1.165) is 6.07 Å². The maximum atomic E-state index is 12.7. The van der Waals surface area contributed by atoms with E-state index in [0.29, 0.717) is 0 Å². The number of nitrogens with two attached hydrogens (primary N) is 1. The summed E-state index contributed by atoms with van der Waals surface area (Å²) in [5.74, 6) is -4.46. The van der Waals surface area contributed by atoms with Gasteiger partial charge in [-0.2, -0.15) is 8.78 Å². The molecule has 0 amide bonds. The number of hydrogen-bond donors (Lipinski definition) is 2. The topological polar surface area (TPSA) is 72.2 Å². The molecule has 0 unspecified atom stereocenters. The zero-order valence-corrected chi connectivity index (χ0v) is 11.7. The van der Waals surface area contributed by atoms with Gasteiger partial charge < -0.3 is 5.73 Å². The van der Waals surface area contributed by atoms with Gasteiger partial charge in [0.1, 0.15) is 0 Å². The van der Waals surface area contributed by atoms with Crippen LogP contribution in [0.5, 0.6) is 0 Å². The average Bonchev–Trinajstić information content (AvgIpc) is 2.31. The van der Waals surface area contributed by atoms with Crippen molar-refractivity contribution >= 4 is 27.3 Å². The van der Waals surface area contributed by atoms with E-state index in [2.05, 4.69) is 0 Å². The van der Waals surface area contributed by atoms with E-state index < -0.39 is 33.8 Å². The molecule has 0 aliphatic heterocycles. The predicted octanol–water partition coefficient (Wildman–Crippen LogP) is 2.41. The maximum Gasteiger partial charge on any atom is 0.320 e. The number of alkyl halides is 4. The Morgan fingerprint density at radius 3 is 2.45 bits per heavy atom. The number of halogens is 5. The molecule has 0 fully saturated rings. The fourth-order valence-corrected chi connectivity index (χ4v) is 2.83. The number of rotatable bonds is 5. The van der Waals surface area contributed by atoms with Gasteiger partial charge >= 0.3 is 12.3 Å². The number of nitrogen functional groups attached to an aromatic ring is 1. The van der Waals surface area contributed by atoms with Crippen molar-refractivity contribution in [3.63, 3.8) is 0 Å². The van der Waals surface area contributed by atoms with E-state index in [1.807, 2.05) is 0 Å². The second-order valence-electron chi connectivity index (χ2n) is 4.03. The highest BCUT2D eigenvalue weighted by molar-refractivity contribution is 7.89. The van der Waals surface area contributed by atoms with Crippen LogP contribution in [-0.4, -0.2) is 27.3 Å². The van der Waals surface area contributed by atoms with Gasteiger partial charge in [-0.25, -0.2) is 21.9 Å². The van der Waals surface area contributed by atoms with Gasteiger partial charge in [-0.15, -0.1) is 0 Å². The minimum Gasteiger partial charge on any atom is -0.397 e. The molecule has 0 heterocycles. The summed E-state index contributed by atoms with van der Waals surface area (Å²) in [4.78, 5) is -0.399. The first-order chi connectivity index (χ1) is 8.97. The third-order valence-corrected chi connectivity index (χ3v) is 4.27. The lowest BCUT2D eigenvalue weighted by atomic mass is 10.2. The Balaban J connectivity index is 3.04. The lowest BCUT2D eigenvalue weighted by Crippen LogP contribution is -2.41. The second-order valence-corrected chi connectivity index (χ2v) is 6.17. The van der Waals surface area contributed by atoms with Gasteiger partial charge in [0.05, 0.1) is 22.2 Å². The van der Waals surface area contributed by atoms with Crippen molar-refractivity contribution in [1.29, 1.82) is 0 Å². The van der Waals surface area contributed by atoms with Crippen LogP contribution in [0.25, 0.3) is 0 Å². The van der Waals surface area contributed by atoms with Crippen molar-refractivity contribution in [3.05, 3.63) is 22.7 Å². The van der Waals surface area contributed by atoms with Crippen LogP contribution in [0, 0.1) is 6.92 Å². The van der Waals surface area contributed by atoms with Crippen LogP contribution in [0.2, 0.25) is 5.02 Å². The van der Waals surface area contributed by atoms with Crippen LogP contribution >= 0.6 is 11.6 Å². The molecule has 3 N–H and O–H groups in total. The van der Waals surface area contributed by atoms with Gasteiger partial charge in [0.25, 0.3) is 0 Å². The normalized spacial score (nSPS) is 12.9. The van der Waals surface area contributed by atoms with Gasteiger partial charge in [0.2, 0.25) is 10.0 Å².